The third-order valence-electron chi connectivity index (χ3n) is 2.01. The van der Waals surface area contributed by atoms with Crippen molar-refractivity contribution in [1.82, 2.24) is 5.32 Å². The summed E-state index contributed by atoms with van der Waals surface area (Å²) in [7, 11) is 0. The number of nitrogens with zero attached hydrogens (tertiary/aromatic N) is 1. The molecule has 10 heavy (non-hydrogen) atoms. The van der Waals surface area contributed by atoms with E-state index in [2.05, 4.69) is 29.6 Å². The first kappa shape index (κ1) is 5.78. The molecule has 0 aromatic carbocycles. The Labute approximate surface area is 61.1 Å². The molecule has 0 saturated carbocycles. The fraction of sp³-hybridized carbons (Fsp3) is 0.333. The first-order valence-corrected chi connectivity index (χ1v) is 3.67. The molecular formula is C9H10N. The zero-order valence-electron chi connectivity index (χ0n) is 5.83. The summed E-state index contributed by atoms with van der Waals surface area (Å²) in [6.07, 6.45) is 11.7. The fourth-order valence-corrected chi connectivity index (χ4v) is 1.39. The molecule has 0 bridgehead atoms. The summed E-state index contributed by atoms with van der Waals surface area (Å²) in [5.74, 6) is 0.676. The lowest BCUT2D eigenvalue weighted by atomic mass is 9.90. The standard InChI is InChI=1S/C9H10N/c1-2-4-9-7-10-6-5-8(9)3-1/h1-3,5-6,9H,4,7H2. The van der Waals surface area contributed by atoms with Crippen LogP contribution in [0.15, 0.2) is 36.1 Å². The van der Waals surface area contributed by atoms with Crippen LogP contribution in [0.4, 0.5) is 0 Å². The number of rotatable bonds is 0. The lowest BCUT2D eigenvalue weighted by molar-refractivity contribution is 0.573. The second-order valence-electron chi connectivity index (χ2n) is 2.71. The van der Waals surface area contributed by atoms with Crippen LogP contribution >= 0.6 is 0 Å². The molecule has 2 aliphatic rings. The van der Waals surface area contributed by atoms with Gasteiger partial charge in [0.2, 0.25) is 0 Å². The lowest BCUT2D eigenvalue weighted by Crippen LogP contribution is -2.19. The number of hydrogen-bond acceptors (Lipinski definition) is 0. The predicted octanol–water partition coefficient (Wildman–Crippen LogP) is 1.62. The Bertz CT molecular complexity index is 211. The van der Waals surface area contributed by atoms with Crippen LogP contribution in [0.3, 0.4) is 0 Å². The minimum absolute atomic E-state index is 0.676. The largest absolute Gasteiger partial charge is 0.293 e. The van der Waals surface area contributed by atoms with Crippen molar-refractivity contribution in [1.29, 1.82) is 0 Å². The molecule has 0 N–H and O–H groups in total. The smallest absolute Gasteiger partial charge is 0.0460 e. The van der Waals surface area contributed by atoms with E-state index in [1.807, 2.05) is 6.20 Å². The van der Waals surface area contributed by atoms with Crippen LogP contribution in [0, 0.1) is 5.92 Å². The van der Waals surface area contributed by atoms with E-state index in [1.54, 1.807) is 0 Å². The number of hydrogen-bond donors (Lipinski definition) is 0. The molecule has 1 unspecified atom stereocenters. The average Bonchev–Trinajstić information content (AvgIpc) is 2.05. The van der Waals surface area contributed by atoms with Crippen molar-refractivity contribution in [3.63, 3.8) is 0 Å². The zero-order chi connectivity index (χ0) is 6.81. The van der Waals surface area contributed by atoms with Gasteiger partial charge in [-0.15, -0.1) is 0 Å². The highest BCUT2D eigenvalue weighted by atomic mass is 14.8. The van der Waals surface area contributed by atoms with E-state index < -0.39 is 0 Å². The van der Waals surface area contributed by atoms with Gasteiger partial charge in [-0.25, -0.2) is 0 Å². The van der Waals surface area contributed by atoms with Gasteiger partial charge in [0, 0.05) is 18.7 Å². The van der Waals surface area contributed by atoms with Gasteiger partial charge in [0.05, 0.1) is 0 Å². The number of allylic oxidation sites excluding steroid dienone is 4. The second-order valence-corrected chi connectivity index (χ2v) is 2.71. The molecule has 0 amide bonds. The quantitative estimate of drug-likeness (QED) is 0.475. The Morgan fingerprint density at radius 1 is 1.50 bits per heavy atom. The summed E-state index contributed by atoms with van der Waals surface area (Å²) in [5, 5.41) is 4.21. The normalized spacial score (nSPS) is 28.8. The molecule has 1 heteroatoms. The maximum absolute atomic E-state index is 4.21. The van der Waals surface area contributed by atoms with Gasteiger partial charge >= 0.3 is 0 Å². The monoisotopic (exact) mass is 132 g/mol. The maximum atomic E-state index is 4.21. The van der Waals surface area contributed by atoms with Gasteiger partial charge in [-0.1, -0.05) is 18.2 Å². The Balaban J connectivity index is 2.27. The van der Waals surface area contributed by atoms with Crippen LogP contribution in [0.25, 0.3) is 0 Å². The third kappa shape index (κ3) is 0.878. The van der Waals surface area contributed by atoms with Crippen LogP contribution in [0.1, 0.15) is 6.42 Å². The van der Waals surface area contributed by atoms with Gasteiger partial charge in [0.1, 0.15) is 0 Å². The van der Waals surface area contributed by atoms with Crippen molar-refractivity contribution in [3.8, 4) is 0 Å². The summed E-state index contributed by atoms with van der Waals surface area (Å²) in [6.45, 7) is 0.979. The van der Waals surface area contributed by atoms with Gasteiger partial charge in [-0.3, -0.25) is 5.32 Å². The fourth-order valence-electron chi connectivity index (χ4n) is 1.39. The van der Waals surface area contributed by atoms with Crippen molar-refractivity contribution in [2.45, 2.75) is 6.42 Å². The summed E-state index contributed by atoms with van der Waals surface area (Å²) in [4.78, 5) is 0. The van der Waals surface area contributed by atoms with Crippen LogP contribution in [0.2, 0.25) is 0 Å². The highest BCUT2D eigenvalue weighted by Crippen LogP contribution is 2.23. The Kier molecular flexibility index (Phi) is 1.35. The molecule has 0 saturated heterocycles. The first-order chi connectivity index (χ1) is 4.97. The molecule has 1 radical (unpaired) electrons. The maximum Gasteiger partial charge on any atom is 0.0460 e. The van der Waals surface area contributed by atoms with Crippen LogP contribution in [-0.4, -0.2) is 6.54 Å². The van der Waals surface area contributed by atoms with E-state index in [0.29, 0.717) is 5.92 Å². The Hall–Kier alpha value is -0.980. The SMILES string of the molecule is C1=CCC2C[N]C=CC2=C1. The molecule has 1 aliphatic heterocycles. The molecule has 1 nitrogen and oxygen atoms in total. The topological polar surface area (TPSA) is 14.1 Å². The van der Waals surface area contributed by atoms with Gasteiger partial charge in [0.15, 0.2) is 0 Å². The Morgan fingerprint density at radius 2 is 2.50 bits per heavy atom. The molecule has 0 aromatic rings. The predicted molar refractivity (Wildman–Crippen MR) is 41.5 cm³/mol. The van der Waals surface area contributed by atoms with Gasteiger partial charge in [-0.2, -0.15) is 0 Å². The molecule has 1 aliphatic carbocycles. The van der Waals surface area contributed by atoms with E-state index in [9.17, 15) is 0 Å². The molecule has 0 fully saturated rings. The van der Waals surface area contributed by atoms with Gasteiger partial charge in [0.25, 0.3) is 0 Å². The van der Waals surface area contributed by atoms with Crippen molar-refractivity contribution in [2.75, 3.05) is 6.54 Å². The van der Waals surface area contributed by atoms with Gasteiger partial charge < -0.3 is 0 Å². The Morgan fingerprint density at radius 3 is 3.40 bits per heavy atom. The molecule has 1 atom stereocenters. The van der Waals surface area contributed by atoms with Crippen LogP contribution in [-0.2, 0) is 0 Å². The highest BCUT2D eigenvalue weighted by molar-refractivity contribution is 5.31. The van der Waals surface area contributed by atoms with E-state index in [0.717, 1.165) is 6.54 Å². The minimum atomic E-state index is 0.676. The van der Waals surface area contributed by atoms with Gasteiger partial charge in [-0.05, 0) is 18.1 Å². The summed E-state index contributed by atoms with van der Waals surface area (Å²) in [5.41, 5.74) is 1.44. The van der Waals surface area contributed by atoms with E-state index in [1.165, 1.54) is 12.0 Å². The second kappa shape index (κ2) is 2.33. The first-order valence-electron chi connectivity index (χ1n) is 3.67. The number of fused-ring (bicyclic) bond motifs is 1. The van der Waals surface area contributed by atoms with E-state index >= 15 is 0 Å². The van der Waals surface area contributed by atoms with Crippen LogP contribution < -0.4 is 5.32 Å². The summed E-state index contributed by atoms with van der Waals surface area (Å²) in [6, 6.07) is 0. The zero-order valence-corrected chi connectivity index (χ0v) is 5.83. The van der Waals surface area contributed by atoms with Crippen molar-refractivity contribution in [2.24, 2.45) is 5.92 Å². The van der Waals surface area contributed by atoms with Crippen molar-refractivity contribution in [3.05, 3.63) is 36.1 Å². The molecular weight excluding hydrogens is 122 g/mol. The van der Waals surface area contributed by atoms with Crippen molar-refractivity contribution >= 4 is 0 Å². The summed E-state index contributed by atoms with van der Waals surface area (Å²) >= 11 is 0. The molecule has 2 rings (SSSR count). The third-order valence-corrected chi connectivity index (χ3v) is 2.01. The van der Waals surface area contributed by atoms with Crippen molar-refractivity contribution < 1.29 is 0 Å². The van der Waals surface area contributed by atoms with Crippen LogP contribution in [0.5, 0.6) is 0 Å². The molecule has 1 heterocycles. The van der Waals surface area contributed by atoms with E-state index in [4.69, 9.17) is 0 Å². The minimum Gasteiger partial charge on any atom is -0.293 e. The highest BCUT2D eigenvalue weighted by Gasteiger charge is 2.15. The average molecular weight is 132 g/mol. The lowest BCUT2D eigenvalue weighted by Gasteiger charge is -2.21. The van der Waals surface area contributed by atoms with E-state index in [-0.39, 0.29) is 0 Å². The summed E-state index contributed by atoms with van der Waals surface area (Å²) < 4.78 is 0. The molecule has 0 spiro atoms. The molecule has 0 aromatic heterocycles. The molecule has 51 valence electrons.